The van der Waals surface area contributed by atoms with Gasteiger partial charge >= 0.3 is 0 Å². The van der Waals surface area contributed by atoms with E-state index in [4.69, 9.17) is 5.73 Å². The summed E-state index contributed by atoms with van der Waals surface area (Å²) in [4.78, 5) is 11.8. The number of nitrogens with two attached hydrogens (primary N) is 1. The first-order valence-electron chi connectivity index (χ1n) is 6.11. The van der Waals surface area contributed by atoms with Crippen molar-refractivity contribution >= 4 is 11.6 Å². The number of nitrogens with zero attached hydrogens (tertiary/aromatic N) is 3. The fraction of sp³-hybridized carbons (Fsp3) is 0.308. The predicted octanol–water partition coefficient (Wildman–Crippen LogP) is 1.19. The van der Waals surface area contributed by atoms with E-state index in [0.29, 0.717) is 0 Å². The van der Waals surface area contributed by atoms with Crippen molar-refractivity contribution in [2.24, 2.45) is 11.7 Å². The molecule has 0 fully saturated rings. The van der Waals surface area contributed by atoms with Crippen molar-refractivity contribution in [1.82, 2.24) is 15.0 Å². The largest absolute Gasteiger partial charge is 0.327 e. The second-order valence-corrected chi connectivity index (χ2v) is 4.53. The SMILES string of the molecule is CC(N)C(C)C(=O)Nc1ccc(-n2ccnn2)cc1. The van der Waals surface area contributed by atoms with Crippen LogP contribution in [0.3, 0.4) is 0 Å². The van der Waals surface area contributed by atoms with Crippen LogP contribution in [0.25, 0.3) is 5.69 Å². The van der Waals surface area contributed by atoms with Crippen molar-refractivity contribution in [1.29, 1.82) is 0 Å². The molecule has 2 atom stereocenters. The first-order chi connectivity index (χ1) is 9.08. The third-order valence-corrected chi connectivity index (χ3v) is 3.02. The van der Waals surface area contributed by atoms with Gasteiger partial charge < -0.3 is 11.1 Å². The topological polar surface area (TPSA) is 85.8 Å². The molecule has 0 aliphatic rings. The van der Waals surface area contributed by atoms with Gasteiger partial charge in [0.05, 0.1) is 24.0 Å². The number of hydrogen-bond acceptors (Lipinski definition) is 4. The molecule has 2 unspecified atom stereocenters. The van der Waals surface area contributed by atoms with E-state index in [2.05, 4.69) is 15.6 Å². The van der Waals surface area contributed by atoms with Crippen LogP contribution < -0.4 is 11.1 Å². The summed E-state index contributed by atoms with van der Waals surface area (Å²) < 4.78 is 1.65. The Morgan fingerprint density at radius 3 is 2.53 bits per heavy atom. The van der Waals surface area contributed by atoms with Crippen LogP contribution in [0.4, 0.5) is 5.69 Å². The lowest BCUT2D eigenvalue weighted by Gasteiger charge is -2.15. The van der Waals surface area contributed by atoms with Gasteiger partial charge in [0.15, 0.2) is 0 Å². The number of nitrogens with one attached hydrogen (secondary N) is 1. The molecule has 100 valence electrons. The van der Waals surface area contributed by atoms with E-state index in [1.807, 2.05) is 38.1 Å². The number of benzene rings is 1. The van der Waals surface area contributed by atoms with E-state index in [1.165, 1.54) is 0 Å². The molecule has 0 saturated carbocycles. The van der Waals surface area contributed by atoms with Crippen LogP contribution in [0.1, 0.15) is 13.8 Å². The van der Waals surface area contributed by atoms with Crippen molar-refractivity contribution in [3.8, 4) is 5.69 Å². The van der Waals surface area contributed by atoms with Crippen molar-refractivity contribution in [2.45, 2.75) is 19.9 Å². The molecule has 0 aliphatic carbocycles. The molecule has 1 amide bonds. The Balaban J connectivity index is 2.05. The summed E-state index contributed by atoms with van der Waals surface area (Å²) in [6, 6.07) is 7.20. The highest BCUT2D eigenvalue weighted by Crippen LogP contribution is 2.13. The van der Waals surface area contributed by atoms with Gasteiger partial charge in [0, 0.05) is 11.7 Å². The molecule has 19 heavy (non-hydrogen) atoms. The minimum atomic E-state index is -0.227. The van der Waals surface area contributed by atoms with Crippen LogP contribution in [0.5, 0.6) is 0 Å². The zero-order valence-corrected chi connectivity index (χ0v) is 10.9. The van der Waals surface area contributed by atoms with Crippen molar-refractivity contribution in [3.63, 3.8) is 0 Å². The standard InChI is InChI=1S/C13H17N5O/c1-9(10(2)14)13(19)16-11-3-5-12(6-4-11)18-8-7-15-17-18/h3-10H,14H2,1-2H3,(H,16,19). The molecule has 3 N–H and O–H groups in total. The summed E-state index contributed by atoms with van der Waals surface area (Å²) >= 11 is 0. The molecule has 2 rings (SSSR count). The van der Waals surface area contributed by atoms with Gasteiger partial charge in [-0.25, -0.2) is 4.68 Å². The van der Waals surface area contributed by atoms with Crippen LogP contribution in [0, 0.1) is 5.92 Å². The summed E-state index contributed by atoms with van der Waals surface area (Å²) in [5.74, 6) is -0.307. The Bertz CT molecular complexity index is 533. The highest BCUT2D eigenvalue weighted by molar-refractivity contribution is 5.92. The average molecular weight is 259 g/mol. The number of amides is 1. The Kier molecular flexibility index (Phi) is 3.91. The molecule has 2 aromatic rings. The minimum Gasteiger partial charge on any atom is -0.327 e. The molecular weight excluding hydrogens is 242 g/mol. The Labute approximate surface area is 111 Å². The maximum absolute atomic E-state index is 11.8. The predicted molar refractivity (Wildman–Crippen MR) is 72.8 cm³/mol. The zero-order valence-electron chi connectivity index (χ0n) is 10.9. The maximum Gasteiger partial charge on any atom is 0.228 e. The highest BCUT2D eigenvalue weighted by atomic mass is 16.1. The normalized spacial score (nSPS) is 13.8. The van der Waals surface area contributed by atoms with Crippen LogP contribution in [-0.2, 0) is 4.79 Å². The molecule has 0 saturated heterocycles. The lowest BCUT2D eigenvalue weighted by Crippen LogP contribution is -2.34. The first-order valence-corrected chi connectivity index (χ1v) is 6.11. The summed E-state index contributed by atoms with van der Waals surface area (Å²) in [5, 5.41) is 10.5. The maximum atomic E-state index is 11.8. The monoisotopic (exact) mass is 259 g/mol. The minimum absolute atomic E-state index is 0.0801. The van der Waals surface area contributed by atoms with Gasteiger partial charge in [-0.05, 0) is 31.2 Å². The molecule has 0 spiro atoms. The van der Waals surface area contributed by atoms with Crippen molar-refractivity contribution < 1.29 is 4.79 Å². The van der Waals surface area contributed by atoms with Gasteiger partial charge in [-0.3, -0.25) is 4.79 Å². The summed E-state index contributed by atoms with van der Waals surface area (Å²) in [7, 11) is 0. The van der Waals surface area contributed by atoms with Gasteiger partial charge in [-0.15, -0.1) is 5.10 Å². The Morgan fingerprint density at radius 2 is 2.00 bits per heavy atom. The number of carbonyl (C=O) groups is 1. The van der Waals surface area contributed by atoms with E-state index in [1.54, 1.807) is 17.1 Å². The number of hydrogen-bond donors (Lipinski definition) is 2. The van der Waals surface area contributed by atoms with Gasteiger partial charge in [-0.2, -0.15) is 0 Å². The summed E-state index contributed by atoms with van der Waals surface area (Å²) in [6.07, 6.45) is 3.37. The molecule has 1 aromatic carbocycles. The molecule has 0 radical (unpaired) electrons. The molecule has 1 heterocycles. The fourth-order valence-corrected chi connectivity index (χ4v) is 1.54. The van der Waals surface area contributed by atoms with E-state index < -0.39 is 0 Å². The second-order valence-electron chi connectivity index (χ2n) is 4.53. The van der Waals surface area contributed by atoms with Crippen molar-refractivity contribution in [3.05, 3.63) is 36.7 Å². The molecule has 1 aromatic heterocycles. The molecule has 0 aliphatic heterocycles. The van der Waals surface area contributed by atoms with Crippen LogP contribution in [-0.4, -0.2) is 26.9 Å². The van der Waals surface area contributed by atoms with Gasteiger partial charge in [0.2, 0.25) is 5.91 Å². The quantitative estimate of drug-likeness (QED) is 0.863. The summed E-state index contributed by atoms with van der Waals surface area (Å²) in [6.45, 7) is 3.63. The molecule has 6 nitrogen and oxygen atoms in total. The zero-order chi connectivity index (χ0) is 13.8. The first kappa shape index (κ1) is 13.2. The van der Waals surface area contributed by atoms with Gasteiger partial charge in [-0.1, -0.05) is 12.1 Å². The second kappa shape index (κ2) is 5.62. The molecular formula is C13H17N5O. The number of aromatic nitrogens is 3. The lowest BCUT2D eigenvalue weighted by molar-refractivity contribution is -0.119. The van der Waals surface area contributed by atoms with Crippen LogP contribution in [0.15, 0.2) is 36.7 Å². The number of rotatable bonds is 4. The van der Waals surface area contributed by atoms with E-state index in [-0.39, 0.29) is 17.9 Å². The fourth-order valence-electron chi connectivity index (χ4n) is 1.54. The van der Waals surface area contributed by atoms with Crippen LogP contribution >= 0.6 is 0 Å². The van der Waals surface area contributed by atoms with Crippen molar-refractivity contribution in [2.75, 3.05) is 5.32 Å². The van der Waals surface area contributed by atoms with Gasteiger partial charge in [0.1, 0.15) is 0 Å². The average Bonchev–Trinajstić information content (AvgIpc) is 2.92. The Hall–Kier alpha value is -2.21. The van der Waals surface area contributed by atoms with E-state index >= 15 is 0 Å². The Morgan fingerprint density at radius 1 is 1.32 bits per heavy atom. The highest BCUT2D eigenvalue weighted by Gasteiger charge is 2.16. The van der Waals surface area contributed by atoms with E-state index in [9.17, 15) is 4.79 Å². The lowest BCUT2D eigenvalue weighted by atomic mass is 10.0. The third kappa shape index (κ3) is 3.17. The number of carbonyl (C=O) groups excluding carboxylic acids is 1. The smallest absolute Gasteiger partial charge is 0.228 e. The third-order valence-electron chi connectivity index (χ3n) is 3.02. The molecule has 0 bridgehead atoms. The van der Waals surface area contributed by atoms with E-state index in [0.717, 1.165) is 11.4 Å². The van der Waals surface area contributed by atoms with Gasteiger partial charge in [0.25, 0.3) is 0 Å². The summed E-state index contributed by atoms with van der Waals surface area (Å²) in [5.41, 5.74) is 7.32. The number of anilines is 1. The van der Waals surface area contributed by atoms with Crippen LogP contribution in [0.2, 0.25) is 0 Å². The molecule has 6 heteroatoms.